The molecular weight excluding hydrogens is 318 g/mol. The first-order chi connectivity index (χ1) is 11.5. The van der Waals surface area contributed by atoms with Gasteiger partial charge in [-0.2, -0.15) is 0 Å². The molecule has 0 saturated carbocycles. The summed E-state index contributed by atoms with van der Waals surface area (Å²) >= 11 is 1.72. The highest BCUT2D eigenvalue weighted by atomic mass is 32.1. The lowest BCUT2D eigenvalue weighted by Crippen LogP contribution is -2.39. The summed E-state index contributed by atoms with van der Waals surface area (Å²) in [7, 11) is 4.10. The van der Waals surface area contributed by atoms with Crippen LogP contribution in [-0.4, -0.2) is 47.9 Å². The van der Waals surface area contributed by atoms with Crippen molar-refractivity contribution in [3.8, 4) is 0 Å². The Balaban J connectivity index is 1.67. The van der Waals surface area contributed by atoms with Crippen LogP contribution in [0.15, 0.2) is 29.6 Å². The molecule has 2 heterocycles. The highest BCUT2D eigenvalue weighted by Crippen LogP contribution is 2.29. The van der Waals surface area contributed by atoms with E-state index in [2.05, 4.69) is 27.4 Å². The number of amides is 1. The van der Waals surface area contributed by atoms with Crippen LogP contribution in [-0.2, 0) is 6.54 Å². The number of carbonyl (C=O) groups excluding carboxylic acids is 1. The lowest BCUT2D eigenvalue weighted by atomic mass is 9.98. The monoisotopic (exact) mass is 343 g/mol. The topological polar surface area (TPSA) is 36.4 Å². The van der Waals surface area contributed by atoms with Gasteiger partial charge in [-0.05, 0) is 51.6 Å². The van der Waals surface area contributed by atoms with Gasteiger partial charge in [-0.3, -0.25) is 4.79 Å². The van der Waals surface area contributed by atoms with Gasteiger partial charge in [-0.1, -0.05) is 12.1 Å². The van der Waals surface area contributed by atoms with Crippen molar-refractivity contribution in [2.45, 2.75) is 32.2 Å². The summed E-state index contributed by atoms with van der Waals surface area (Å²) in [6, 6.07) is 8.02. The van der Waals surface area contributed by atoms with Crippen LogP contribution in [0, 0.1) is 6.92 Å². The molecule has 2 aromatic rings. The van der Waals surface area contributed by atoms with Crippen LogP contribution < -0.4 is 0 Å². The molecular formula is C19H25N3OS. The highest BCUT2D eigenvalue weighted by Gasteiger charge is 2.27. The Morgan fingerprint density at radius 1 is 1.33 bits per heavy atom. The number of nitrogens with zero attached hydrogens (tertiary/aromatic N) is 3. The number of carbonyl (C=O) groups is 1. The Labute approximate surface area is 148 Å². The summed E-state index contributed by atoms with van der Waals surface area (Å²) in [5, 5.41) is 3.27. The van der Waals surface area contributed by atoms with E-state index in [-0.39, 0.29) is 5.91 Å². The lowest BCUT2D eigenvalue weighted by molar-refractivity contribution is 0.0707. The third-order valence-electron chi connectivity index (χ3n) is 4.39. The molecule has 1 atom stereocenters. The molecule has 24 heavy (non-hydrogen) atoms. The predicted octanol–water partition coefficient (Wildman–Crippen LogP) is 3.53. The maximum Gasteiger partial charge on any atom is 0.253 e. The second-order valence-corrected chi connectivity index (χ2v) is 7.74. The van der Waals surface area contributed by atoms with E-state index in [9.17, 15) is 4.79 Å². The second kappa shape index (κ2) is 7.45. The summed E-state index contributed by atoms with van der Waals surface area (Å²) in [5.74, 6) is 0.527. The number of hydrogen-bond donors (Lipinski definition) is 0. The minimum atomic E-state index is 0.143. The Morgan fingerprint density at radius 2 is 2.08 bits per heavy atom. The first-order valence-electron chi connectivity index (χ1n) is 8.48. The molecule has 0 bridgehead atoms. The smallest absolute Gasteiger partial charge is 0.253 e. The van der Waals surface area contributed by atoms with Gasteiger partial charge in [-0.25, -0.2) is 4.98 Å². The van der Waals surface area contributed by atoms with Crippen LogP contribution in [0.25, 0.3) is 0 Å². The zero-order chi connectivity index (χ0) is 17.1. The van der Waals surface area contributed by atoms with E-state index in [0.29, 0.717) is 5.92 Å². The summed E-state index contributed by atoms with van der Waals surface area (Å²) < 4.78 is 0. The van der Waals surface area contributed by atoms with Crippen LogP contribution >= 0.6 is 11.3 Å². The highest BCUT2D eigenvalue weighted by molar-refractivity contribution is 7.09. The van der Waals surface area contributed by atoms with Gasteiger partial charge in [0, 0.05) is 42.2 Å². The van der Waals surface area contributed by atoms with Crippen molar-refractivity contribution in [2.24, 2.45) is 0 Å². The quantitative estimate of drug-likeness (QED) is 0.852. The Kier molecular flexibility index (Phi) is 5.31. The number of rotatable bonds is 4. The number of benzene rings is 1. The minimum absolute atomic E-state index is 0.143. The van der Waals surface area contributed by atoms with Crippen molar-refractivity contribution in [3.05, 3.63) is 51.5 Å². The van der Waals surface area contributed by atoms with Gasteiger partial charge in [0.05, 0.1) is 5.01 Å². The van der Waals surface area contributed by atoms with Crippen molar-refractivity contribution in [3.63, 3.8) is 0 Å². The molecule has 1 aromatic heterocycles. The third kappa shape index (κ3) is 4.02. The Hall–Kier alpha value is -1.72. The molecule has 3 rings (SSSR count). The standard InChI is InChI=1S/C19H25N3OS/c1-14-13-24-18(20-14)17-5-4-10-22(12-17)19(23)16-8-6-15(7-9-16)11-21(2)3/h6-9,13,17H,4-5,10-12H2,1-3H3. The van der Waals surface area contributed by atoms with Crippen molar-refractivity contribution >= 4 is 17.2 Å². The van der Waals surface area contributed by atoms with Crippen molar-refractivity contribution in [2.75, 3.05) is 27.2 Å². The molecule has 0 aliphatic carbocycles. The third-order valence-corrected chi connectivity index (χ3v) is 5.52. The SMILES string of the molecule is Cc1csc(C2CCCN(C(=O)c3ccc(CN(C)C)cc3)C2)n1. The Bertz CT molecular complexity index is 693. The number of likely N-dealkylation sites (tertiary alicyclic amines) is 1. The maximum absolute atomic E-state index is 12.8. The molecule has 1 fully saturated rings. The molecule has 1 aliphatic heterocycles. The number of piperidine rings is 1. The van der Waals surface area contributed by atoms with Gasteiger partial charge < -0.3 is 9.80 Å². The first-order valence-corrected chi connectivity index (χ1v) is 9.36. The van der Waals surface area contributed by atoms with E-state index < -0.39 is 0 Å². The molecule has 0 spiro atoms. The van der Waals surface area contributed by atoms with Crippen molar-refractivity contribution in [1.82, 2.24) is 14.8 Å². The maximum atomic E-state index is 12.8. The number of aromatic nitrogens is 1. The molecule has 1 aliphatic rings. The Morgan fingerprint density at radius 3 is 2.71 bits per heavy atom. The van der Waals surface area contributed by atoms with Gasteiger partial charge in [0.2, 0.25) is 0 Å². The predicted molar refractivity (Wildman–Crippen MR) is 98.6 cm³/mol. The van der Waals surface area contributed by atoms with E-state index in [4.69, 9.17) is 0 Å². The second-order valence-electron chi connectivity index (χ2n) is 6.85. The van der Waals surface area contributed by atoms with Gasteiger partial charge >= 0.3 is 0 Å². The average Bonchev–Trinajstić information content (AvgIpc) is 3.01. The molecule has 1 unspecified atom stereocenters. The number of thiazole rings is 1. The number of hydrogen-bond acceptors (Lipinski definition) is 4. The lowest BCUT2D eigenvalue weighted by Gasteiger charge is -2.32. The first kappa shape index (κ1) is 17.1. The largest absolute Gasteiger partial charge is 0.338 e. The van der Waals surface area contributed by atoms with Crippen LogP contribution in [0.5, 0.6) is 0 Å². The minimum Gasteiger partial charge on any atom is -0.338 e. The normalized spacial score (nSPS) is 18.2. The summed E-state index contributed by atoms with van der Waals surface area (Å²) in [5.41, 5.74) is 3.09. The van der Waals surface area contributed by atoms with E-state index in [1.165, 1.54) is 10.6 Å². The summed E-state index contributed by atoms with van der Waals surface area (Å²) in [6.45, 7) is 4.55. The molecule has 128 valence electrons. The van der Waals surface area contributed by atoms with Gasteiger partial charge in [0.1, 0.15) is 0 Å². The molecule has 0 N–H and O–H groups in total. The molecule has 1 amide bonds. The molecule has 5 heteroatoms. The molecule has 1 aromatic carbocycles. The van der Waals surface area contributed by atoms with Crippen LogP contribution in [0.4, 0.5) is 0 Å². The average molecular weight is 343 g/mol. The van der Waals surface area contributed by atoms with Gasteiger partial charge in [0.25, 0.3) is 5.91 Å². The van der Waals surface area contributed by atoms with E-state index >= 15 is 0 Å². The van der Waals surface area contributed by atoms with E-state index in [1.54, 1.807) is 11.3 Å². The van der Waals surface area contributed by atoms with Crippen molar-refractivity contribution < 1.29 is 4.79 Å². The van der Waals surface area contributed by atoms with Crippen LogP contribution in [0.2, 0.25) is 0 Å². The molecule has 1 saturated heterocycles. The van der Waals surface area contributed by atoms with E-state index in [1.807, 2.05) is 38.1 Å². The zero-order valence-electron chi connectivity index (χ0n) is 14.7. The van der Waals surface area contributed by atoms with Crippen molar-refractivity contribution in [1.29, 1.82) is 0 Å². The molecule has 0 radical (unpaired) electrons. The van der Waals surface area contributed by atoms with E-state index in [0.717, 1.165) is 43.7 Å². The summed E-state index contributed by atoms with van der Waals surface area (Å²) in [4.78, 5) is 21.5. The fourth-order valence-electron chi connectivity index (χ4n) is 3.22. The fourth-order valence-corrected chi connectivity index (χ4v) is 4.15. The number of aryl methyl sites for hydroxylation is 1. The van der Waals surface area contributed by atoms with Crippen LogP contribution in [0.1, 0.15) is 45.4 Å². The fraction of sp³-hybridized carbons (Fsp3) is 0.474. The van der Waals surface area contributed by atoms with Gasteiger partial charge in [-0.15, -0.1) is 11.3 Å². The van der Waals surface area contributed by atoms with Gasteiger partial charge in [0.15, 0.2) is 0 Å². The molecule has 4 nitrogen and oxygen atoms in total. The summed E-state index contributed by atoms with van der Waals surface area (Å²) in [6.07, 6.45) is 2.17. The van der Waals surface area contributed by atoms with Crippen LogP contribution in [0.3, 0.4) is 0 Å². The zero-order valence-corrected chi connectivity index (χ0v) is 15.5.